The predicted molar refractivity (Wildman–Crippen MR) is 97.1 cm³/mol. The maximum atomic E-state index is 12.5. The van der Waals surface area contributed by atoms with Crippen LogP contribution in [0.1, 0.15) is 55.3 Å². The van der Waals surface area contributed by atoms with Gasteiger partial charge in [-0.1, -0.05) is 18.9 Å². The van der Waals surface area contributed by atoms with Crippen molar-refractivity contribution in [3.63, 3.8) is 0 Å². The Bertz CT molecular complexity index is 772. The fourth-order valence-corrected chi connectivity index (χ4v) is 4.80. The van der Waals surface area contributed by atoms with Crippen LogP contribution in [-0.2, 0) is 14.8 Å². The van der Waals surface area contributed by atoms with Gasteiger partial charge in [0.15, 0.2) is 0 Å². The molecule has 1 saturated carbocycles. The van der Waals surface area contributed by atoms with Gasteiger partial charge in [0, 0.05) is 18.2 Å². The number of hydrogen-bond acceptors (Lipinski definition) is 4. The topological polar surface area (TPSA) is 104 Å². The number of nitrogens with one attached hydrogen (secondary N) is 3. The molecule has 8 heteroatoms. The highest BCUT2D eigenvalue weighted by Gasteiger charge is 2.25. The van der Waals surface area contributed by atoms with Crippen LogP contribution in [0.4, 0.5) is 0 Å². The highest BCUT2D eigenvalue weighted by Crippen LogP contribution is 2.21. The van der Waals surface area contributed by atoms with E-state index in [2.05, 4.69) is 15.4 Å². The van der Waals surface area contributed by atoms with Crippen molar-refractivity contribution in [2.24, 2.45) is 0 Å². The molecule has 1 aliphatic heterocycles. The van der Waals surface area contributed by atoms with Gasteiger partial charge < -0.3 is 10.6 Å². The van der Waals surface area contributed by atoms with E-state index in [1.807, 2.05) is 0 Å². The first-order chi connectivity index (χ1) is 12.5. The van der Waals surface area contributed by atoms with E-state index in [1.165, 1.54) is 12.1 Å². The van der Waals surface area contributed by atoms with Crippen LogP contribution in [0.3, 0.4) is 0 Å². The monoisotopic (exact) mass is 379 g/mol. The van der Waals surface area contributed by atoms with Crippen molar-refractivity contribution in [2.45, 2.75) is 61.9 Å². The first-order valence-electron chi connectivity index (χ1n) is 9.17. The lowest BCUT2D eigenvalue weighted by atomic mass is 10.1. The van der Waals surface area contributed by atoms with Gasteiger partial charge in [-0.05, 0) is 50.3 Å². The van der Waals surface area contributed by atoms with Gasteiger partial charge in [0.25, 0.3) is 5.91 Å². The summed E-state index contributed by atoms with van der Waals surface area (Å²) >= 11 is 0. The average Bonchev–Trinajstić information content (AvgIpc) is 3.04. The summed E-state index contributed by atoms with van der Waals surface area (Å²) in [6.07, 6.45) is 6.06. The number of benzene rings is 1. The van der Waals surface area contributed by atoms with Crippen molar-refractivity contribution in [1.29, 1.82) is 0 Å². The van der Waals surface area contributed by atoms with Crippen LogP contribution in [-0.4, -0.2) is 38.9 Å². The second kappa shape index (κ2) is 8.18. The van der Waals surface area contributed by atoms with E-state index < -0.39 is 22.0 Å². The fourth-order valence-electron chi connectivity index (χ4n) is 3.45. The maximum Gasteiger partial charge on any atom is 0.251 e. The Kier molecular flexibility index (Phi) is 5.93. The highest BCUT2D eigenvalue weighted by atomic mass is 32.2. The molecule has 1 heterocycles. The zero-order valence-corrected chi connectivity index (χ0v) is 15.5. The summed E-state index contributed by atoms with van der Waals surface area (Å²) in [7, 11) is -3.66. The lowest BCUT2D eigenvalue weighted by Gasteiger charge is -2.16. The Labute approximate surface area is 154 Å². The minimum absolute atomic E-state index is 0.0350. The molecular formula is C18H25N3O4S. The number of rotatable bonds is 5. The normalized spacial score (nSPS) is 21.8. The molecule has 1 aromatic carbocycles. The molecular weight excluding hydrogens is 354 g/mol. The van der Waals surface area contributed by atoms with Gasteiger partial charge in [-0.25, -0.2) is 13.1 Å². The molecule has 1 aliphatic carbocycles. The molecule has 0 radical (unpaired) electrons. The van der Waals surface area contributed by atoms with Gasteiger partial charge in [-0.15, -0.1) is 0 Å². The molecule has 0 bridgehead atoms. The van der Waals surface area contributed by atoms with Gasteiger partial charge in [-0.3, -0.25) is 9.59 Å². The molecule has 2 amide bonds. The number of carbonyl (C=O) groups is 2. The number of hydrogen-bond donors (Lipinski definition) is 3. The van der Waals surface area contributed by atoms with Crippen LogP contribution in [0.2, 0.25) is 0 Å². The van der Waals surface area contributed by atoms with E-state index in [0.29, 0.717) is 13.0 Å². The molecule has 2 aliphatic rings. The largest absolute Gasteiger partial charge is 0.354 e. The summed E-state index contributed by atoms with van der Waals surface area (Å²) in [5.74, 6) is -0.632. The summed E-state index contributed by atoms with van der Waals surface area (Å²) in [6, 6.07) is 5.33. The smallest absolute Gasteiger partial charge is 0.251 e. The standard InChI is InChI=1S/C18H25N3O4S/c22-17(20-16-10-3-4-11-19-18(16)23)13-6-5-9-15(12-13)26(24,25)21-14-7-1-2-8-14/h5-6,9,12,14,16,21H,1-4,7-8,10-11H2,(H,19,23)(H,20,22). The van der Waals surface area contributed by atoms with Crippen molar-refractivity contribution in [2.75, 3.05) is 6.54 Å². The molecule has 1 aromatic rings. The van der Waals surface area contributed by atoms with Gasteiger partial charge in [0.05, 0.1) is 4.90 Å². The van der Waals surface area contributed by atoms with Gasteiger partial charge >= 0.3 is 0 Å². The number of amides is 2. The van der Waals surface area contributed by atoms with E-state index in [1.54, 1.807) is 12.1 Å². The molecule has 1 saturated heterocycles. The third-order valence-electron chi connectivity index (χ3n) is 4.92. The molecule has 0 spiro atoms. The van der Waals surface area contributed by atoms with Crippen LogP contribution in [0.25, 0.3) is 0 Å². The first-order valence-corrected chi connectivity index (χ1v) is 10.6. The minimum atomic E-state index is -3.66. The van der Waals surface area contributed by atoms with E-state index in [4.69, 9.17) is 0 Å². The van der Waals surface area contributed by atoms with E-state index in [-0.39, 0.29) is 22.4 Å². The zero-order chi connectivity index (χ0) is 18.6. The molecule has 2 fully saturated rings. The van der Waals surface area contributed by atoms with Crippen LogP contribution in [0.15, 0.2) is 29.2 Å². The van der Waals surface area contributed by atoms with Gasteiger partial charge in [0.2, 0.25) is 15.9 Å². The lowest BCUT2D eigenvalue weighted by molar-refractivity contribution is -0.122. The Hall–Kier alpha value is -1.93. The Morgan fingerprint density at radius 3 is 2.58 bits per heavy atom. The second-order valence-corrected chi connectivity index (χ2v) is 8.66. The van der Waals surface area contributed by atoms with E-state index >= 15 is 0 Å². The Balaban J connectivity index is 1.71. The van der Waals surface area contributed by atoms with E-state index in [9.17, 15) is 18.0 Å². The highest BCUT2D eigenvalue weighted by molar-refractivity contribution is 7.89. The molecule has 1 unspecified atom stereocenters. The Morgan fingerprint density at radius 1 is 1.08 bits per heavy atom. The third kappa shape index (κ3) is 4.62. The molecule has 142 valence electrons. The second-order valence-electron chi connectivity index (χ2n) is 6.94. The molecule has 7 nitrogen and oxygen atoms in total. The number of carbonyl (C=O) groups excluding carboxylic acids is 2. The van der Waals surface area contributed by atoms with Crippen LogP contribution in [0, 0.1) is 0 Å². The maximum absolute atomic E-state index is 12.5. The molecule has 0 aromatic heterocycles. The first kappa shape index (κ1) is 18.8. The van der Waals surface area contributed by atoms with Crippen LogP contribution < -0.4 is 15.4 Å². The molecule has 26 heavy (non-hydrogen) atoms. The quantitative estimate of drug-likeness (QED) is 0.717. The summed E-state index contributed by atoms with van der Waals surface area (Å²) < 4.78 is 27.8. The summed E-state index contributed by atoms with van der Waals surface area (Å²) in [6.45, 7) is 0.617. The van der Waals surface area contributed by atoms with Crippen molar-refractivity contribution in [3.8, 4) is 0 Å². The number of sulfonamides is 1. The fraction of sp³-hybridized carbons (Fsp3) is 0.556. The SMILES string of the molecule is O=C(NC1CCCCNC1=O)c1cccc(S(=O)(=O)NC2CCCC2)c1. The molecule has 1 atom stereocenters. The van der Waals surface area contributed by atoms with Crippen molar-refractivity contribution >= 4 is 21.8 Å². The van der Waals surface area contributed by atoms with Crippen LogP contribution >= 0.6 is 0 Å². The third-order valence-corrected chi connectivity index (χ3v) is 6.44. The zero-order valence-electron chi connectivity index (χ0n) is 14.7. The molecule has 3 rings (SSSR count). The van der Waals surface area contributed by atoms with Crippen molar-refractivity contribution in [3.05, 3.63) is 29.8 Å². The summed E-state index contributed by atoms with van der Waals surface area (Å²) in [4.78, 5) is 24.5. The average molecular weight is 379 g/mol. The van der Waals surface area contributed by atoms with E-state index in [0.717, 1.165) is 38.5 Å². The summed E-state index contributed by atoms with van der Waals surface area (Å²) in [5.41, 5.74) is 0.233. The van der Waals surface area contributed by atoms with Crippen LogP contribution in [0.5, 0.6) is 0 Å². The van der Waals surface area contributed by atoms with Crippen molar-refractivity contribution < 1.29 is 18.0 Å². The van der Waals surface area contributed by atoms with Crippen molar-refractivity contribution in [1.82, 2.24) is 15.4 Å². The minimum Gasteiger partial charge on any atom is -0.354 e. The lowest BCUT2D eigenvalue weighted by Crippen LogP contribution is -2.45. The van der Waals surface area contributed by atoms with Gasteiger partial charge in [-0.2, -0.15) is 0 Å². The van der Waals surface area contributed by atoms with Gasteiger partial charge in [0.1, 0.15) is 6.04 Å². The molecule has 3 N–H and O–H groups in total. The summed E-state index contributed by atoms with van der Waals surface area (Å²) in [5, 5.41) is 5.48. The predicted octanol–water partition coefficient (Wildman–Crippen LogP) is 1.31. The Morgan fingerprint density at radius 2 is 1.81 bits per heavy atom.